The molecule has 1 N–H and O–H groups in total. The molecule has 38 heavy (non-hydrogen) atoms. The molecule has 1 aliphatic heterocycles. The van der Waals surface area contributed by atoms with Gasteiger partial charge in [-0.25, -0.2) is 4.79 Å². The zero-order chi connectivity index (χ0) is 28.8. The summed E-state index contributed by atoms with van der Waals surface area (Å²) in [6.07, 6.45) is -16.6. The lowest BCUT2D eigenvalue weighted by atomic mass is 9.94. The van der Waals surface area contributed by atoms with Gasteiger partial charge in [0.05, 0.1) is 28.4 Å². The van der Waals surface area contributed by atoms with E-state index in [4.69, 9.17) is 0 Å². The first-order valence-electron chi connectivity index (χ1n) is 11.1. The molecule has 1 aliphatic rings. The van der Waals surface area contributed by atoms with E-state index in [1.807, 2.05) is 0 Å². The quantitative estimate of drug-likeness (QED) is 0.401. The van der Waals surface area contributed by atoms with Crippen LogP contribution in [0.5, 0.6) is 0 Å². The maximum absolute atomic E-state index is 13.6. The van der Waals surface area contributed by atoms with Crippen molar-refractivity contribution in [1.29, 1.82) is 0 Å². The van der Waals surface area contributed by atoms with Crippen molar-refractivity contribution in [1.82, 2.24) is 4.90 Å². The van der Waals surface area contributed by atoms with Crippen LogP contribution in [0, 0.1) is 6.92 Å². The second-order valence-electron chi connectivity index (χ2n) is 8.88. The molecule has 0 fully saturated rings. The molecule has 2 amide bonds. The number of halogens is 9. The molecular formula is C24H21F9N2O3. The van der Waals surface area contributed by atoms with Crippen molar-refractivity contribution in [2.75, 3.05) is 11.4 Å². The fourth-order valence-electron chi connectivity index (χ4n) is 4.51. The second kappa shape index (κ2) is 10.0. The van der Waals surface area contributed by atoms with E-state index in [2.05, 4.69) is 0 Å². The topological polar surface area (TPSA) is 60.9 Å². The van der Waals surface area contributed by atoms with Crippen LogP contribution in [0.1, 0.15) is 59.2 Å². The molecule has 1 atom stereocenters. The van der Waals surface area contributed by atoms with Crippen LogP contribution in [0.25, 0.3) is 0 Å². The lowest BCUT2D eigenvalue weighted by Crippen LogP contribution is -2.34. The Labute approximate surface area is 210 Å². The molecule has 2 aromatic rings. The highest BCUT2D eigenvalue weighted by Gasteiger charge is 2.39. The first kappa shape index (κ1) is 29.1. The maximum atomic E-state index is 13.6. The third-order valence-corrected chi connectivity index (χ3v) is 6.20. The van der Waals surface area contributed by atoms with Crippen molar-refractivity contribution in [3.05, 3.63) is 63.7 Å². The van der Waals surface area contributed by atoms with Crippen LogP contribution in [0.4, 0.5) is 50.0 Å². The van der Waals surface area contributed by atoms with Gasteiger partial charge in [0.25, 0.3) is 0 Å². The third-order valence-electron chi connectivity index (χ3n) is 6.20. The molecule has 5 nitrogen and oxygen atoms in total. The van der Waals surface area contributed by atoms with Gasteiger partial charge in [0.2, 0.25) is 5.91 Å². The number of anilines is 1. The van der Waals surface area contributed by atoms with Gasteiger partial charge in [-0.1, -0.05) is 6.07 Å². The number of hydrogen-bond acceptors (Lipinski definition) is 2. The molecule has 3 rings (SSSR count). The van der Waals surface area contributed by atoms with E-state index in [1.54, 1.807) is 0 Å². The van der Waals surface area contributed by atoms with Gasteiger partial charge in [0, 0.05) is 20.0 Å². The minimum Gasteiger partial charge on any atom is -0.465 e. The average Bonchev–Trinajstić information content (AvgIpc) is 2.94. The van der Waals surface area contributed by atoms with Gasteiger partial charge in [0.15, 0.2) is 0 Å². The molecule has 14 heteroatoms. The molecule has 0 aromatic heterocycles. The number of nitrogens with zero attached hydrogens (tertiary/aromatic N) is 2. The van der Waals surface area contributed by atoms with Crippen LogP contribution < -0.4 is 4.90 Å². The average molecular weight is 556 g/mol. The summed E-state index contributed by atoms with van der Waals surface area (Å²) in [5.74, 6) is -0.784. The number of fused-ring (bicyclic) bond motifs is 1. The van der Waals surface area contributed by atoms with Crippen molar-refractivity contribution in [3.8, 4) is 0 Å². The number of carboxylic acid groups (broad SMARTS) is 1. The van der Waals surface area contributed by atoms with Crippen molar-refractivity contribution in [3.63, 3.8) is 0 Å². The predicted molar refractivity (Wildman–Crippen MR) is 116 cm³/mol. The molecular weight excluding hydrogens is 535 g/mol. The number of aryl methyl sites for hydroxylation is 1. The summed E-state index contributed by atoms with van der Waals surface area (Å²) in [6.45, 7) is 1.15. The Balaban J connectivity index is 2.18. The number of alkyl halides is 9. The highest BCUT2D eigenvalue weighted by Crippen LogP contribution is 2.43. The Hall–Kier alpha value is -3.45. The van der Waals surface area contributed by atoms with Crippen LogP contribution in [-0.4, -0.2) is 28.6 Å². The van der Waals surface area contributed by atoms with E-state index in [9.17, 15) is 54.2 Å². The number of carbonyl (C=O) groups is 2. The van der Waals surface area contributed by atoms with Gasteiger partial charge >= 0.3 is 24.6 Å². The van der Waals surface area contributed by atoms with Gasteiger partial charge < -0.3 is 10.0 Å². The SMILES string of the molecule is CC(=O)N(Cc1cc(C(F)(F)F)cc(C(F)(F)F)c1)[C@H]1CCCN(C(=O)O)c2cc(C(F)(F)F)c(C)cc21. The zero-order valence-corrected chi connectivity index (χ0v) is 19.9. The van der Waals surface area contributed by atoms with E-state index < -0.39 is 65.4 Å². The Morgan fingerprint density at radius 2 is 1.47 bits per heavy atom. The molecule has 0 unspecified atom stereocenters. The van der Waals surface area contributed by atoms with Crippen LogP contribution in [0.15, 0.2) is 30.3 Å². The molecule has 0 saturated heterocycles. The Morgan fingerprint density at radius 1 is 0.921 bits per heavy atom. The van der Waals surface area contributed by atoms with Gasteiger partial charge in [-0.05, 0) is 60.7 Å². The van der Waals surface area contributed by atoms with E-state index >= 15 is 0 Å². The second-order valence-corrected chi connectivity index (χ2v) is 8.88. The summed E-state index contributed by atoms with van der Waals surface area (Å²) in [6, 6.07) is 1.41. The van der Waals surface area contributed by atoms with Crippen molar-refractivity contribution >= 4 is 17.7 Å². The number of rotatable bonds is 3. The Kier molecular flexibility index (Phi) is 7.68. The predicted octanol–water partition coefficient (Wildman–Crippen LogP) is 7.42. The van der Waals surface area contributed by atoms with Crippen LogP contribution in [-0.2, 0) is 29.9 Å². The highest BCUT2D eigenvalue weighted by molar-refractivity contribution is 5.88. The summed E-state index contributed by atoms with van der Waals surface area (Å²) < 4.78 is 121. The highest BCUT2D eigenvalue weighted by atomic mass is 19.4. The standard InChI is InChI=1S/C24H21F9N2O3/c1-12-6-17-19(4-3-5-34(21(37)38)20(17)10-18(12)24(31,32)33)35(13(2)36)11-14-7-15(22(25,26)27)9-16(8-14)23(28,29)30/h6-10,19H,3-5,11H2,1-2H3,(H,37,38)/t19-/m0/s1. The van der Waals surface area contributed by atoms with Gasteiger partial charge in [-0.3, -0.25) is 9.69 Å². The van der Waals surface area contributed by atoms with E-state index in [-0.39, 0.29) is 42.3 Å². The van der Waals surface area contributed by atoms with Gasteiger partial charge in [-0.15, -0.1) is 0 Å². The zero-order valence-electron chi connectivity index (χ0n) is 19.9. The van der Waals surface area contributed by atoms with Gasteiger partial charge in [0.1, 0.15) is 0 Å². The summed E-state index contributed by atoms with van der Waals surface area (Å²) in [5, 5.41) is 9.61. The smallest absolute Gasteiger partial charge is 0.416 e. The largest absolute Gasteiger partial charge is 0.465 e. The van der Waals surface area contributed by atoms with Crippen LogP contribution in [0.2, 0.25) is 0 Å². The van der Waals surface area contributed by atoms with Crippen LogP contribution in [0.3, 0.4) is 0 Å². The molecule has 208 valence electrons. The molecule has 2 aromatic carbocycles. The number of amides is 2. The molecule has 0 radical (unpaired) electrons. The van der Waals surface area contributed by atoms with Gasteiger partial charge in [-0.2, -0.15) is 39.5 Å². The van der Waals surface area contributed by atoms with Crippen molar-refractivity contribution in [2.45, 2.75) is 57.8 Å². The van der Waals surface area contributed by atoms with E-state index in [1.165, 1.54) is 0 Å². The summed E-state index contributed by atoms with van der Waals surface area (Å²) in [5.41, 5.74) is -5.49. The minimum absolute atomic E-state index is 0.00768. The Morgan fingerprint density at radius 3 is 1.92 bits per heavy atom. The van der Waals surface area contributed by atoms with E-state index in [0.717, 1.165) is 24.8 Å². The lowest BCUT2D eigenvalue weighted by Gasteiger charge is -2.33. The molecule has 1 heterocycles. The monoisotopic (exact) mass is 556 g/mol. The van der Waals surface area contributed by atoms with Crippen molar-refractivity contribution < 1.29 is 54.2 Å². The van der Waals surface area contributed by atoms with Crippen molar-refractivity contribution in [2.24, 2.45) is 0 Å². The fraction of sp³-hybridized carbons (Fsp3) is 0.417. The minimum atomic E-state index is -5.13. The molecule has 0 spiro atoms. The lowest BCUT2D eigenvalue weighted by molar-refractivity contribution is -0.143. The molecule has 0 saturated carbocycles. The van der Waals surface area contributed by atoms with E-state index in [0.29, 0.717) is 23.1 Å². The summed E-state index contributed by atoms with van der Waals surface area (Å²) in [4.78, 5) is 26.1. The number of benzene rings is 2. The molecule has 0 bridgehead atoms. The third kappa shape index (κ3) is 6.16. The summed E-state index contributed by atoms with van der Waals surface area (Å²) in [7, 11) is 0. The first-order valence-corrected chi connectivity index (χ1v) is 11.1. The number of carbonyl (C=O) groups excluding carboxylic acids is 1. The normalized spacial score (nSPS) is 16.6. The maximum Gasteiger partial charge on any atom is 0.416 e. The molecule has 0 aliphatic carbocycles. The number of hydrogen-bond donors (Lipinski definition) is 1. The first-order chi connectivity index (χ1) is 17.3. The fourth-order valence-corrected chi connectivity index (χ4v) is 4.51. The van der Waals surface area contributed by atoms with Crippen LogP contribution >= 0.6 is 0 Å². The summed E-state index contributed by atoms with van der Waals surface area (Å²) >= 11 is 0. The Bertz CT molecular complexity index is 1200.